The van der Waals surface area contributed by atoms with E-state index in [9.17, 15) is 0 Å². The van der Waals surface area contributed by atoms with Gasteiger partial charge in [0.2, 0.25) is 0 Å². The Balaban J connectivity index is 2.92. The summed E-state index contributed by atoms with van der Waals surface area (Å²) in [7, 11) is 1.70. The minimum absolute atomic E-state index is 0.215. The number of nitrogens with two attached hydrogens (primary N) is 1. The summed E-state index contributed by atoms with van der Waals surface area (Å²) in [6, 6.07) is 0.215. The molecular formula is C12H22N4O. The van der Waals surface area contributed by atoms with Crippen LogP contribution in [0.1, 0.15) is 25.2 Å². The molecule has 0 spiro atoms. The Hall–Kier alpha value is -1.36. The molecule has 1 aromatic heterocycles. The van der Waals surface area contributed by atoms with Crippen molar-refractivity contribution in [3.8, 4) is 0 Å². The molecule has 1 rings (SSSR count). The Bertz CT molecular complexity index is 379. The highest BCUT2D eigenvalue weighted by molar-refractivity contribution is 5.55. The highest BCUT2D eigenvalue weighted by atomic mass is 16.5. The van der Waals surface area contributed by atoms with Crippen molar-refractivity contribution < 1.29 is 4.74 Å². The molecule has 0 fully saturated rings. The molecular weight excluding hydrogens is 216 g/mol. The van der Waals surface area contributed by atoms with E-state index in [2.05, 4.69) is 29.1 Å². The number of rotatable bonds is 5. The first-order valence-corrected chi connectivity index (χ1v) is 5.81. The zero-order valence-corrected chi connectivity index (χ0v) is 11.2. The lowest BCUT2D eigenvalue weighted by molar-refractivity contribution is 0.171. The van der Waals surface area contributed by atoms with Crippen LogP contribution in [0.25, 0.3) is 0 Å². The second-order valence-corrected chi connectivity index (χ2v) is 4.58. The summed E-state index contributed by atoms with van der Waals surface area (Å²) in [6.07, 6.45) is 0. The molecule has 5 nitrogen and oxygen atoms in total. The second-order valence-electron chi connectivity index (χ2n) is 4.58. The zero-order valence-electron chi connectivity index (χ0n) is 11.2. The van der Waals surface area contributed by atoms with Gasteiger partial charge in [-0.2, -0.15) is 0 Å². The maximum absolute atomic E-state index is 5.82. The summed E-state index contributed by atoms with van der Waals surface area (Å²) >= 11 is 0. The molecule has 0 aliphatic rings. The molecule has 0 aliphatic carbocycles. The van der Waals surface area contributed by atoms with Gasteiger partial charge in [0.15, 0.2) is 0 Å². The number of aromatic nitrogens is 2. The lowest BCUT2D eigenvalue weighted by atomic mass is 10.1. The molecule has 0 amide bonds. The fourth-order valence-electron chi connectivity index (χ4n) is 1.55. The van der Waals surface area contributed by atoms with Gasteiger partial charge in [-0.05, 0) is 19.8 Å². The van der Waals surface area contributed by atoms with E-state index < -0.39 is 0 Å². The van der Waals surface area contributed by atoms with E-state index in [1.54, 1.807) is 7.11 Å². The number of ether oxygens (including phenoxy) is 1. The largest absolute Gasteiger partial charge is 0.383 e. The zero-order chi connectivity index (χ0) is 13.0. The molecule has 1 atom stereocenters. The monoisotopic (exact) mass is 238 g/mol. The van der Waals surface area contributed by atoms with E-state index in [4.69, 9.17) is 10.5 Å². The number of aryl methyl sites for hydroxylation is 1. The smallest absolute Gasteiger partial charge is 0.135 e. The third-order valence-corrected chi connectivity index (χ3v) is 2.77. The minimum Gasteiger partial charge on any atom is -0.383 e. The summed E-state index contributed by atoms with van der Waals surface area (Å²) in [6.45, 7) is 8.68. The number of nitrogens with one attached hydrogen (secondary N) is 1. The molecule has 96 valence electrons. The van der Waals surface area contributed by atoms with Crippen molar-refractivity contribution in [3.05, 3.63) is 11.4 Å². The molecule has 5 heteroatoms. The van der Waals surface area contributed by atoms with Gasteiger partial charge in [-0.25, -0.2) is 9.97 Å². The number of methoxy groups -OCH3 is 1. The van der Waals surface area contributed by atoms with Gasteiger partial charge in [-0.1, -0.05) is 13.8 Å². The molecule has 1 heterocycles. The molecule has 1 aromatic rings. The van der Waals surface area contributed by atoms with Crippen LogP contribution in [0.5, 0.6) is 0 Å². The minimum atomic E-state index is 0.215. The summed E-state index contributed by atoms with van der Waals surface area (Å²) in [5.74, 6) is 2.45. The number of nitrogens with zero attached hydrogens (tertiary/aromatic N) is 2. The maximum atomic E-state index is 5.82. The Morgan fingerprint density at radius 2 is 1.94 bits per heavy atom. The van der Waals surface area contributed by atoms with Crippen molar-refractivity contribution in [2.75, 3.05) is 24.8 Å². The van der Waals surface area contributed by atoms with Crippen LogP contribution in [0, 0.1) is 19.8 Å². The molecule has 17 heavy (non-hydrogen) atoms. The van der Waals surface area contributed by atoms with E-state index in [0.29, 0.717) is 24.2 Å². The predicted molar refractivity (Wildman–Crippen MR) is 70.0 cm³/mol. The van der Waals surface area contributed by atoms with Crippen LogP contribution in [0.3, 0.4) is 0 Å². The topological polar surface area (TPSA) is 73.1 Å². The van der Waals surface area contributed by atoms with Crippen molar-refractivity contribution >= 4 is 11.6 Å². The molecule has 0 aliphatic heterocycles. The van der Waals surface area contributed by atoms with Crippen LogP contribution in [0.15, 0.2) is 0 Å². The Morgan fingerprint density at radius 3 is 2.47 bits per heavy atom. The van der Waals surface area contributed by atoms with E-state index >= 15 is 0 Å². The van der Waals surface area contributed by atoms with Crippen LogP contribution in [0.2, 0.25) is 0 Å². The van der Waals surface area contributed by atoms with Crippen molar-refractivity contribution in [1.29, 1.82) is 0 Å². The quantitative estimate of drug-likeness (QED) is 0.817. The normalized spacial score (nSPS) is 12.8. The number of hydrogen-bond donors (Lipinski definition) is 2. The van der Waals surface area contributed by atoms with Crippen LogP contribution < -0.4 is 11.1 Å². The third kappa shape index (κ3) is 3.56. The standard InChI is InChI=1S/C12H22N4O/c1-7(2)10(6-17-5)16-12-8(3)11(13)14-9(4)15-12/h7,10H,6H2,1-5H3,(H3,13,14,15,16). The van der Waals surface area contributed by atoms with Crippen LogP contribution in [-0.4, -0.2) is 29.7 Å². The van der Waals surface area contributed by atoms with E-state index in [1.807, 2.05) is 13.8 Å². The third-order valence-electron chi connectivity index (χ3n) is 2.77. The molecule has 1 unspecified atom stereocenters. The fourth-order valence-corrected chi connectivity index (χ4v) is 1.55. The molecule has 0 saturated carbocycles. The first-order valence-electron chi connectivity index (χ1n) is 5.81. The van der Waals surface area contributed by atoms with Gasteiger partial charge in [0.25, 0.3) is 0 Å². The van der Waals surface area contributed by atoms with Gasteiger partial charge in [0, 0.05) is 12.7 Å². The summed E-state index contributed by atoms with van der Waals surface area (Å²) in [4.78, 5) is 8.51. The SMILES string of the molecule is COCC(Nc1nc(C)nc(N)c1C)C(C)C. The van der Waals surface area contributed by atoms with Crippen LogP contribution in [0.4, 0.5) is 11.6 Å². The Morgan fingerprint density at radius 1 is 1.29 bits per heavy atom. The lowest BCUT2D eigenvalue weighted by Gasteiger charge is -2.23. The number of anilines is 2. The first kappa shape index (κ1) is 13.7. The van der Waals surface area contributed by atoms with Gasteiger partial charge in [-0.3, -0.25) is 0 Å². The van der Waals surface area contributed by atoms with Crippen molar-refractivity contribution in [3.63, 3.8) is 0 Å². The van der Waals surface area contributed by atoms with Gasteiger partial charge in [0.05, 0.1) is 12.6 Å². The molecule has 3 N–H and O–H groups in total. The molecule has 0 saturated heterocycles. The molecule has 0 bridgehead atoms. The van der Waals surface area contributed by atoms with Crippen LogP contribution in [-0.2, 0) is 4.74 Å². The van der Waals surface area contributed by atoms with Gasteiger partial charge < -0.3 is 15.8 Å². The van der Waals surface area contributed by atoms with E-state index in [0.717, 1.165) is 11.4 Å². The van der Waals surface area contributed by atoms with Crippen LogP contribution >= 0.6 is 0 Å². The highest BCUT2D eigenvalue weighted by Gasteiger charge is 2.16. The Labute approximate surface area is 103 Å². The lowest BCUT2D eigenvalue weighted by Crippen LogP contribution is -2.31. The molecule has 0 aromatic carbocycles. The first-order chi connectivity index (χ1) is 7.95. The molecule has 0 radical (unpaired) electrons. The average Bonchev–Trinajstić information content (AvgIpc) is 2.24. The highest BCUT2D eigenvalue weighted by Crippen LogP contribution is 2.19. The summed E-state index contributed by atoms with van der Waals surface area (Å²) in [5.41, 5.74) is 6.71. The summed E-state index contributed by atoms with van der Waals surface area (Å²) in [5, 5.41) is 3.37. The number of nitrogen functional groups attached to an aromatic ring is 1. The van der Waals surface area contributed by atoms with E-state index in [1.165, 1.54) is 0 Å². The number of hydrogen-bond acceptors (Lipinski definition) is 5. The van der Waals surface area contributed by atoms with Crippen molar-refractivity contribution in [2.45, 2.75) is 33.7 Å². The van der Waals surface area contributed by atoms with Gasteiger partial charge >= 0.3 is 0 Å². The fraction of sp³-hybridized carbons (Fsp3) is 0.667. The van der Waals surface area contributed by atoms with Crippen molar-refractivity contribution in [1.82, 2.24) is 9.97 Å². The van der Waals surface area contributed by atoms with E-state index in [-0.39, 0.29) is 6.04 Å². The predicted octanol–water partition coefficient (Wildman–Crippen LogP) is 1.76. The maximum Gasteiger partial charge on any atom is 0.135 e. The second kappa shape index (κ2) is 5.82. The summed E-state index contributed by atoms with van der Waals surface area (Å²) < 4.78 is 5.20. The average molecular weight is 238 g/mol. The van der Waals surface area contributed by atoms with Crippen molar-refractivity contribution in [2.24, 2.45) is 5.92 Å². The Kier molecular flexibility index (Phi) is 4.69. The van der Waals surface area contributed by atoms with Gasteiger partial charge in [-0.15, -0.1) is 0 Å². The van der Waals surface area contributed by atoms with Gasteiger partial charge in [0.1, 0.15) is 17.5 Å².